The summed E-state index contributed by atoms with van der Waals surface area (Å²) in [4.78, 5) is 49.0. The molecule has 44 heavy (non-hydrogen) atoms. The van der Waals surface area contributed by atoms with E-state index in [1.165, 1.54) is 4.90 Å². The maximum absolute atomic E-state index is 14.9. The first-order valence-corrected chi connectivity index (χ1v) is 15.7. The first-order valence-electron chi connectivity index (χ1n) is 15.7. The molecule has 8 nitrogen and oxygen atoms in total. The molecule has 0 aliphatic carbocycles. The minimum atomic E-state index is -1.20. The van der Waals surface area contributed by atoms with Crippen molar-refractivity contribution in [1.29, 1.82) is 0 Å². The van der Waals surface area contributed by atoms with Crippen LogP contribution >= 0.6 is 0 Å². The number of rotatable bonds is 12. The number of aryl methyl sites for hydroxylation is 2. The SMILES string of the molecule is C=CCN(Cc1ccccc1)C(=O)[C@H]1[C@H]2C(=O)N([C@H](C)CO)C(C(=O)N(CC=C)c3cc(C)ccc3C)C23CC[C@]1(CC)O3. The molecule has 1 N–H and O–H groups in total. The molecule has 3 fully saturated rings. The molecule has 234 valence electrons. The number of ether oxygens (including phenoxy) is 1. The van der Waals surface area contributed by atoms with Crippen LogP contribution in [0.25, 0.3) is 0 Å². The highest BCUT2D eigenvalue weighted by Gasteiger charge is 2.79. The summed E-state index contributed by atoms with van der Waals surface area (Å²) >= 11 is 0. The van der Waals surface area contributed by atoms with Crippen molar-refractivity contribution in [2.24, 2.45) is 11.8 Å². The quantitative estimate of drug-likeness (QED) is 0.361. The number of aliphatic hydroxyl groups excluding tert-OH is 1. The highest BCUT2D eigenvalue weighted by Crippen LogP contribution is 2.65. The van der Waals surface area contributed by atoms with Gasteiger partial charge in [0.05, 0.1) is 30.1 Å². The number of anilines is 1. The summed E-state index contributed by atoms with van der Waals surface area (Å²) in [6.07, 6.45) is 4.94. The van der Waals surface area contributed by atoms with Crippen LogP contribution < -0.4 is 4.90 Å². The zero-order chi connectivity index (χ0) is 31.8. The Balaban J connectivity index is 1.61. The smallest absolute Gasteiger partial charge is 0.253 e. The summed E-state index contributed by atoms with van der Waals surface area (Å²) in [5, 5.41) is 10.3. The average Bonchev–Trinajstić information content (AvgIpc) is 3.64. The number of fused-ring (bicyclic) bond motifs is 1. The van der Waals surface area contributed by atoms with Crippen LogP contribution in [0.4, 0.5) is 5.69 Å². The fourth-order valence-electron chi connectivity index (χ4n) is 7.86. The largest absolute Gasteiger partial charge is 0.394 e. The minimum absolute atomic E-state index is 0.169. The third kappa shape index (κ3) is 4.98. The van der Waals surface area contributed by atoms with Crippen molar-refractivity contribution in [2.75, 3.05) is 24.6 Å². The van der Waals surface area contributed by atoms with Crippen molar-refractivity contribution in [2.45, 2.75) is 76.8 Å². The molecule has 8 heteroatoms. The van der Waals surface area contributed by atoms with Crippen LogP contribution in [0.5, 0.6) is 0 Å². The van der Waals surface area contributed by atoms with Crippen LogP contribution in [0, 0.1) is 25.7 Å². The first-order chi connectivity index (χ1) is 21.1. The van der Waals surface area contributed by atoms with Crippen LogP contribution in [-0.2, 0) is 25.7 Å². The predicted octanol–water partition coefficient (Wildman–Crippen LogP) is 4.57. The van der Waals surface area contributed by atoms with Crippen LogP contribution in [0.15, 0.2) is 73.8 Å². The molecule has 3 aliphatic rings. The van der Waals surface area contributed by atoms with Gasteiger partial charge in [-0.3, -0.25) is 14.4 Å². The molecule has 2 aromatic carbocycles. The first kappa shape index (κ1) is 31.7. The molecule has 3 aliphatic heterocycles. The molecular weight excluding hydrogens is 554 g/mol. The molecule has 3 amide bonds. The molecule has 1 spiro atoms. The Morgan fingerprint density at radius 1 is 1.09 bits per heavy atom. The van der Waals surface area contributed by atoms with E-state index in [1.54, 1.807) is 28.9 Å². The topological polar surface area (TPSA) is 90.4 Å². The van der Waals surface area contributed by atoms with Crippen molar-refractivity contribution in [3.8, 4) is 0 Å². The second kappa shape index (κ2) is 12.3. The van der Waals surface area contributed by atoms with E-state index in [2.05, 4.69) is 13.2 Å². The Labute approximate surface area is 261 Å². The molecule has 0 saturated carbocycles. The van der Waals surface area contributed by atoms with Gasteiger partial charge in [0.2, 0.25) is 11.8 Å². The molecule has 3 heterocycles. The van der Waals surface area contributed by atoms with E-state index < -0.39 is 35.1 Å². The number of amides is 3. The predicted molar refractivity (Wildman–Crippen MR) is 171 cm³/mol. The zero-order valence-corrected chi connectivity index (χ0v) is 26.4. The zero-order valence-electron chi connectivity index (χ0n) is 26.4. The number of hydrogen-bond donors (Lipinski definition) is 1. The van der Waals surface area contributed by atoms with Gasteiger partial charge in [0.15, 0.2) is 0 Å². The third-order valence-electron chi connectivity index (χ3n) is 9.97. The van der Waals surface area contributed by atoms with Crippen molar-refractivity contribution < 1.29 is 24.2 Å². The van der Waals surface area contributed by atoms with E-state index in [4.69, 9.17) is 4.74 Å². The minimum Gasteiger partial charge on any atom is -0.394 e. The van der Waals surface area contributed by atoms with E-state index in [1.807, 2.05) is 69.3 Å². The van der Waals surface area contributed by atoms with Gasteiger partial charge < -0.3 is 24.5 Å². The monoisotopic (exact) mass is 599 g/mol. The van der Waals surface area contributed by atoms with Crippen LogP contribution in [0.1, 0.15) is 49.8 Å². The van der Waals surface area contributed by atoms with Gasteiger partial charge in [-0.05, 0) is 62.8 Å². The highest BCUT2D eigenvalue weighted by atomic mass is 16.5. The number of carbonyl (C=O) groups excluding carboxylic acids is 3. The lowest BCUT2D eigenvalue weighted by atomic mass is 9.64. The summed E-state index contributed by atoms with van der Waals surface area (Å²) in [5.74, 6) is -2.38. The van der Waals surface area contributed by atoms with Crippen molar-refractivity contribution in [1.82, 2.24) is 9.80 Å². The van der Waals surface area contributed by atoms with E-state index in [-0.39, 0.29) is 30.9 Å². The Kier molecular flexibility index (Phi) is 8.87. The van der Waals surface area contributed by atoms with Crippen LogP contribution in [-0.4, -0.2) is 75.6 Å². The Hall–Kier alpha value is -3.75. The van der Waals surface area contributed by atoms with E-state index in [9.17, 15) is 19.5 Å². The van der Waals surface area contributed by atoms with Gasteiger partial charge in [-0.1, -0.05) is 61.5 Å². The van der Waals surface area contributed by atoms with Crippen molar-refractivity contribution in [3.05, 3.63) is 90.5 Å². The molecule has 3 saturated heterocycles. The second-order valence-electron chi connectivity index (χ2n) is 12.6. The summed E-state index contributed by atoms with van der Waals surface area (Å²) in [7, 11) is 0. The van der Waals surface area contributed by atoms with Gasteiger partial charge in [0, 0.05) is 25.3 Å². The van der Waals surface area contributed by atoms with Gasteiger partial charge >= 0.3 is 0 Å². The number of carbonyl (C=O) groups is 3. The average molecular weight is 600 g/mol. The Morgan fingerprint density at radius 2 is 1.80 bits per heavy atom. The standard InChI is InChI=1S/C36H45N3O5/c1-7-19-37(22-27-13-11-10-12-14-27)32(41)29-30-33(42)39(26(6)23-40)31(36(30)18-17-35(29,9-3)44-36)34(43)38(20-8-2)28-21-24(4)15-16-25(28)5/h7-8,10-16,21,26,29-31,40H,1-2,9,17-20,22-23H2,3-6H3/t26-,29-,30+,31?,35+,36?/m1/s1. The molecular formula is C36H45N3O5. The maximum atomic E-state index is 14.9. The third-order valence-corrected chi connectivity index (χ3v) is 9.97. The van der Waals surface area contributed by atoms with E-state index in [0.29, 0.717) is 32.4 Å². The molecule has 6 atom stereocenters. The maximum Gasteiger partial charge on any atom is 0.253 e. The molecule has 0 aromatic heterocycles. The second-order valence-corrected chi connectivity index (χ2v) is 12.6. The molecule has 5 rings (SSSR count). The summed E-state index contributed by atoms with van der Waals surface area (Å²) in [5.41, 5.74) is 1.56. The molecule has 2 bridgehead atoms. The summed E-state index contributed by atoms with van der Waals surface area (Å²) in [6.45, 7) is 16.1. The lowest BCUT2D eigenvalue weighted by Crippen LogP contribution is -2.58. The van der Waals surface area contributed by atoms with Gasteiger partial charge in [-0.25, -0.2) is 0 Å². The summed E-state index contributed by atoms with van der Waals surface area (Å²) in [6, 6.07) is 14.0. The van der Waals surface area contributed by atoms with Gasteiger partial charge in [-0.15, -0.1) is 13.2 Å². The number of aliphatic hydroxyl groups is 1. The lowest BCUT2D eigenvalue weighted by molar-refractivity contribution is -0.153. The Bertz CT molecular complexity index is 1440. The Morgan fingerprint density at radius 3 is 2.43 bits per heavy atom. The van der Waals surface area contributed by atoms with Crippen LogP contribution in [0.3, 0.4) is 0 Å². The van der Waals surface area contributed by atoms with E-state index >= 15 is 0 Å². The number of benzene rings is 2. The molecule has 2 aromatic rings. The highest BCUT2D eigenvalue weighted by molar-refractivity contribution is 6.05. The van der Waals surface area contributed by atoms with Crippen molar-refractivity contribution in [3.63, 3.8) is 0 Å². The number of nitrogens with zero attached hydrogens (tertiary/aromatic N) is 3. The van der Waals surface area contributed by atoms with Crippen LogP contribution in [0.2, 0.25) is 0 Å². The fourth-order valence-corrected chi connectivity index (χ4v) is 7.86. The van der Waals surface area contributed by atoms with Crippen molar-refractivity contribution >= 4 is 23.4 Å². The lowest BCUT2D eigenvalue weighted by Gasteiger charge is -2.39. The van der Waals surface area contributed by atoms with E-state index in [0.717, 1.165) is 22.4 Å². The normalized spacial score (nSPS) is 27.6. The fraction of sp³-hybridized carbons (Fsp3) is 0.472. The number of likely N-dealkylation sites (tertiary alicyclic amines) is 1. The van der Waals surface area contributed by atoms with Gasteiger partial charge in [-0.2, -0.15) is 0 Å². The molecule has 0 radical (unpaired) electrons. The molecule has 2 unspecified atom stereocenters. The van der Waals surface area contributed by atoms with Gasteiger partial charge in [0.25, 0.3) is 5.91 Å². The number of hydrogen-bond acceptors (Lipinski definition) is 5. The van der Waals surface area contributed by atoms with Gasteiger partial charge in [0.1, 0.15) is 11.6 Å². The summed E-state index contributed by atoms with van der Waals surface area (Å²) < 4.78 is 6.99.